The molecule has 2 aromatic rings. The van der Waals surface area contributed by atoms with Crippen molar-refractivity contribution in [1.82, 2.24) is 0 Å². The van der Waals surface area contributed by atoms with Crippen LogP contribution in [-0.4, -0.2) is 17.2 Å². The maximum absolute atomic E-state index is 9.19. The lowest BCUT2D eigenvalue weighted by atomic mass is 9.78. The predicted octanol–water partition coefficient (Wildman–Crippen LogP) is 1.84. The Bertz CT molecular complexity index is 485. The van der Waals surface area contributed by atoms with Gasteiger partial charge in [0.2, 0.25) is 0 Å². The van der Waals surface area contributed by atoms with E-state index >= 15 is 0 Å². The van der Waals surface area contributed by atoms with E-state index in [1.165, 1.54) is 0 Å². The molecule has 1 aromatic carbocycles. The van der Waals surface area contributed by atoms with E-state index in [1.807, 2.05) is 11.4 Å². The van der Waals surface area contributed by atoms with Gasteiger partial charge in [-0.25, -0.2) is 0 Å². The molecule has 0 aliphatic carbocycles. The number of thiophene rings is 1. The maximum Gasteiger partial charge on any atom is 0.490 e. The molecule has 72 valence electrons. The Balaban J connectivity index is 2.86. The minimum absolute atomic E-state index is 0.392. The van der Waals surface area contributed by atoms with Crippen molar-refractivity contribution >= 4 is 68.2 Å². The summed E-state index contributed by atoms with van der Waals surface area (Å²) < 4.78 is 2.07. The van der Waals surface area contributed by atoms with Crippen LogP contribution in [0.25, 0.3) is 10.1 Å². The summed E-state index contributed by atoms with van der Waals surface area (Å²) >= 11 is 9.69. The van der Waals surface area contributed by atoms with Crippen LogP contribution in [0.15, 0.2) is 17.5 Å². The zero-order valence-electron chi connectivity index (χ0n) is 6.87. The van der Waals surface area contributed by atoms with Crippen molar-refractivity contribution in [2.45, 2.75) is 0 Å². The lowest BCUT2D eigenvalue weighted by Gasteiger charge is -2.06. The molecule has 0 bridgehead atoms. The molecular weight excluding hydrogens is 333 g/mol. The van der Waals surface area contributed by atoms with Gasteiger partial charge in [-0.1, -0.05) is 11.6 Å². The van der Waals surface area contributed by atoms with Gasteiger partial charge in [-0.05, 0) is 45.5 Å². The van der Waals surface area contributed by atoms with E-state index in [0.29, 0.717) is 10.5 Å². The van der Waals surface area contributed by atoms with Gasteiger partial charge in [-0.15, -0.1) is 11.3 Å². The largest absolute Gasteiger partial charge is 0.490 e. The molecule has 0 fully saturated rings. The van der Waals surface area contributed by atoms with Gasteiger partial charge in [0, 0.05) is 18.8 Å². The average Bonchev–Trinajstić information content (AvgIpc) is 2.51. The normalized spacial score (nSPS) is 10.9. The van der Waals surface area contributed by atoms with Gasteiger partial charge < -0.3 is 10.0 Å². The molecule has 1 heterocycles. The van der Waals surface area contributed by atoms with Crippen LogP contribution < -0.4 is 5.46 Å². The molecule has 2 N–H and O–H groups in total. The second kappa shape index (κ2) is 3.98. The second-order valence-corrected chi connectivity index (χ2v) is 5.28. The number of hydrogen-bond donors (Lipinski definition) is 2. The molecule has 2 nitrogen and oxygen atoms in total. The van der Waals surface area contributed by atoms with Crippen molar-refractivity contribution < 1.29 is 10.0 Å². The Labute approximate surface area is 104 Å². The van der Waals surface area contributed by atoms with Crippen LogP contribution in [0.2, 0.25) is 5.02 Å². The molecule has 0 saturated heterocycles. The van der Waals surface area contributed by atoms with Crippen molar-refractivity contribution in [1.29, 1.82) is 0 Å². The van der Waals surface area contributed by atoms with E-state index in [-0.39, 0.29) is 0 Å². The van der Waals surface area contributed by atoms with Crippen molar-refractivity contribution in [2.75, 3.05) is 0 Å². The van der Waals surface area contributed by atoms with Gasteiger partial charge in [0.05, 0.1) is 0 Å². The van der Waals surface area contributed by atoms with Gasteiger partial charge >= 0.3 is 7.12 Å². The Morgan fingerprint density at radius 1 is 1.43 bits per heavy atom. The summed E-state index contributed by atoms with van der Waals surface area (Å²) in [5, 5.41) is 21.5. The Hall–Kier alpha value is 0.185. The molecule has 0 saturated carbocycles. The monoisotopic (exact) mass is 338 g/mol. The third-order valence-electron chi connectivity index (χ3n) is 1.94. The van der Waals surface area contributed by atoms with E-state index < -0.39 is 7.12 Å². The molecule has 0 unspecified atom stereocenters. The molecule has 2 rings (SSSR count). The van der Waals surface area contributed by atoms with E-state index in [2.05, 4.69) is 22.6 Å². The van der Waals surface area contributed by atoms with Gasteiger partial charge in [0.15, 0.2) is 0 Å². The summed E-state index contributed by atoms with van der Waals surface area (Å²) in [7, 11) is -1.52. The highest BCUT2D eigenvalue weighted by Crippen LogP contribution is 2.28. The fourth-order valence-electron chi connectivity index (χ4n) is 1.35. The average molecular weight is 338 g/mol. The highest BCUT2D eigenvalue weighted by Gasteiger charge is 2.20. The first kappa shape index (κ1) is 10.7. The lowest BCUT2D eigenvalue weighted by molar-refractivity contribution is 0.426. The molecule has 14 heavy (non-hydrogen) atoms. The summed E-state index contributed by atoms with van der Waals surface area (Å²) in [6.07, 6.45) is 0. The van der Waals surface area contributed by atoms with Crippen LogP contribution in [0, 0.1) is 3.57 Å². The van der Waals surface area contributed by atoms with Gasteiger partial charge in [-0.3, -0.25) is 0 Å². The zero-order chi connectivity index (χ0) is 10.3. The number of halogens is 2. The Kier molecular flexibility index (Phi) is 3.04. The first-order valence-corrected chi connectivity index (χ1v) is 6.16. The number of benzene rings is 1. The van der Waals surface area contributed by atoms with Crippen LogP contribution >= 0.6 is 45.5 Å². The van der Waals surface area contributed by atoms with Crippen molar-refractivity contribution in [3.05, 3.63) is 26.1 Å². The summed E-state index contributed by atoms with van der Waals surface area (Å²) in [6.45, 7) is 0. The third kappa shape index (κ3) is 1.67. The maximum atomic E-state index is 9.19. The molecular formula is C8H5BClIO2S. The molecule has 0 aliphatic rings. The first-order chi connectivity index (χ1) is 6.61. The summed E-state index contributed by atoms with van der Waals surface area (Å²) in [5.74, 6) is 0. The summed E-state index contributed by atoms with van der Waals surface area (Å²) in [4.78, 5) is 0. The van der Waals surface area contributed by atoms with Crippen molar-refractivity contribution in [2.24, 2.45) is 0 Å². The molecule has 0 amide bonds. The van der Waals surface area contributed by atoms with Crippen LogP contribution in [0.5, 0.6) is 0 Å². The highest BCUT2D eigenvalue weighted by molar-refractivity contribution is 14.1. The second-order valence-electron chi connectivity index (χ2n) is 2.79. The minimum atomic E-state index is -1.52. The van der Waals surface area contributed by atoms with Crippen LogP contribution in [0.1, 0.15) is 0 Å². The van der Waals surface area contributed by atoms with Crippen LogP contribution in [0.3, 0.4) is 0 Å². The van der Waals surface area contributed by atoms with E-state index in [9.17, 15) is 10.0 Å². The number of fused-ring (bicyclic) bond motifs is 1. The predicted molar refractivity (Wildman–Crippen MR) is 69.4 cm³/mol. The van der Waals surface area contributed by atoms with Crippen molar-refractivity contribution in [3.8, 4) is 0 Å². The number of hydrogen-bond acceptors (Lipinski definition) is 3. The molecule has 0 radical (unpaired) electrons. The molecule has 6 heteroatoms. The summed E-state index contributed by atoms with van der Waals surface area (Å²) in [6, 6.07) is 3.60. The van der Waals surface area contributed by atoms with E-state index in [0.717, 1.165) is 13.7 Å². The Morgan fingerprint density at radius 2 is 2.14 bits per heavy atom. The zero-order valence-corrected chi connectivity index (χ0v) is 10.6. The van der Waals surface area contributed by atoms with Gasteiger partial charge in [0.1, 0.15) is 0 Å². The van der Waals surface area contributed by atoms with Gasteiger partial charge in [-0.2, -0.15) is 0 Å². The van der Waals surface area contributed by atoms with Crippen LogP contribution in [-0.2, 0) is 0 Å². The lowest BCUT2D eigenvalue weighted by Crippen LogP contribution is -2.31. The first-order valence-electron chi connectivity index (χ1n) is 3.82. The minimum Gasteiger partial charge on any atom is -0.423 e. The van der Waals surface area contributed by atoms with Crippen molar-refractivity contribution in [3.63, 3.8) is 0 Å². The topological polar surface area (TPSA) is 40.5 Å². The molecule has 0 spiro atoms. The molecule has 1 aromatic heterocycles. The van der Waals surface area contributed by atoms with E-state index in [4.69, 9.17) is 11.6 Å². The third-order valence-corrected chi connectivity index (χ3v) is 4.42. The van der Waals surface area contributed by atoms with E-state index in [1.54, 1.807) is 17.4 Å². The van der Waals surface area contributed by atoms with Crippen LogP contribution in [0.4, 0.5) is 0 Å². The fourth-order valence-corrected chi connectivity index (χ4v) is 3.64. The standard InChI is InChI=1S/C8H5BClIO2S/c10-5-3-6(11)8-4(1-2-14-8)7(5)9(12)13/h1-3,12-13H. The fraction of sp³-hybridized carbons (Fsp3) is 0. The van der Waals surface area contributed by atoms with Gasteiger partial charge in [0.25, 0.3) is 0 Å². The molecule has 0 aliphatic heterocycles. The number of rotatable bonds is 1. The smallest absolute Gasteiger partial charge is 0.423 e. The summed E-state index contributed by atoms with van der Waals surface area (Å²) in [5.41, 5.74) is 0.392. The Morgan fingerprint density at radius 3 is 2.79 bits per heavy atom. The SMILES string of the molecule is OB(O)c1c(Cl)cc(I)c2sccc12. The highest BCUT2D eigenvalue weighted by atomic mass is 127. The molecule has 0 atom stereocenters. The quantitative estimate of drug-likeness (QED) is 0.615.